The van der Waals surface area contributed by atoms with Crippen molar-refractivity contribution in [2.45, 2.75) is 45.7 Å². The van der Waals surface area contributed by atoms with Crippen LogP contribution in [-0.4, -0.2) is 33.7 Å². The lowest BCUT2D eigenvalue weighted by Gasteiger charge is -2.20. The van der Waals surface area contributed by atoms with E-state index in [0.717, 1.165) is 42.8 Å². The predicted molar refractivity (Wildman–Crippen MR) is 61.7 cm³/mol. The van der Waals surface area contributed by atoms with Gasteiger partial charge in [0.25, 0.3) is 0 Å². The van der Waals surface area contributed by atoms with E-state index in [-0.39, 0.29) is 6.04 Å². The zero-order valence-electron chi connectivity index (χ0n) is 10.3. The molecule has 1 N–H and O–H groups in total. The Morgan fingerprint density at radius 3 is 3.06 bits per heavy atom. The van der Waals surface area contributed by atoms with Gasteiger partial charge in [-0.2, -0.15) is 0 Å². The van der Waals surface area contributed by atoms with Crippen molar-refractivity contribution in [1.82, 2.24) is 10.1 Å². The number of aryl methyl sites for hydroxylation is 2. The maximum absolute atomic E-state index is 11.1. The molecule has 0 saturated carbocycles. The molecular formula is C12H18N2O3. The van der Waals surface area contributed by atoms with Crippen molar-refractivity contribution in [1.29, 1.82) is 0 Å². The summed E-state index contributed by atoms with van der Waals surface area (Å²) in [6.45, 7) is 5.38. The number of aliphatic carboxylic acids is 1. The smallest absolute Gasteiger partial charge is 0.320 e. The summed E-state index contributed by atoms with van der Waals surface area (Å²) in [5.74, 6) is 0.0764. The normalized spacial score (nSPS) is 20.9. The van der Waals surface area contributed by atoms with Gasteiger partial charge in [-0.3, -0.25) is 9.69 Å². The Morgan fingerprint density at radius 2 is 2.41 bits per heavy atom. The molecule has 1 atom stereocenters. The molecule has 1 aliphatic rings. The van der Waals surface area contributed by atoms with Crippen LogP contribution in [0.4, 0.5) is 0 Å². The zero-order valence-corrected chi connectivity index (χ0v) is 10.3. The Hall–Kier alpha value is -1.36. The van der Waals surface area contributed by atoms with Crippen LogP contribution in [0.15, 0.2) is 4.52 Å². The summed E-state index contributed by atoms with van der Waals surface area (Å²) in [5.41, 5.74) is 2.00. The summed E-state index contributed by atoms with van der Waals surface area (Å²) >= 11 is 0. The number of hydrogen-bond acceptors (Lipinski definition) is 4. The van der Waals surface area contributed by atoms with E-state index in [2.05, 4.69) is 5.16 Å². The second kappa shape index (κ2) is 4.87. The van der Waals surface area contributed by atoms with Gasteiger partial charge in [0.15, 0.2) is 0 Å². The highest BCUT2D eigenvalue weighted by atomic mass is 16.5. The summed E-state index contributed by atoms with van der Waals surface area (Å²) in [6, 6.07) is -0.353. The third-order valence-electron chi connectivity index (χ3n) is 3.41. The molecular weight excluding hydrogens is 220 g/mol. The average Bonchev–Trinajstić information content (AvgIpc) is 2.88. The van der Waals surface area contributed by atoms with Crippen LogP contribution in [0.2, 0.25) is 0 Å². The molecule has 1 aromatic rings. The van der Waals surface area contributed by atoms with E-state index in [1.165, 1.54) is 0 Å². The highest BCUT2D eigenvalue weighted by molar-refractivity contribution is 5.73. The van der Waals surface area contributed by atoms with Crippen LogP contribution in [0, 0.1) is 6.92 Å². The van der Waals surface area contributed by atoms with Gasteiger partial charge in [-0.1, -0.05) is 12.1 Å². The van der Waals surface area contributed by atoms with Gasteiger partial charge in [0, 0.05) is 12.1 Å². The average molecular weight is 238 g/mol. The summed E-state index contributed by atoms with van der Waals surface area (Å²) < 4.78 is 5.17. The van der Waals surface area contributed by atoms with Crippen LogP contribution < -0.4 is 0 Å². The second-order valence-electron chi connectivity index (χ2n) is 4.48. The molecule has 5 heteroatoms. The number of aromatic nitrogens is 1. The van der Waals surface area contributed by atoms with Crippen LogP contribution in [-0.2, 0) is 17.8 Å². The molecule has 17 heavy (non-hydrogen) atoms. The van der Waals surface area contributed by atoms with Gasteiger partial charge in [-0.05, 0) is 32.7 Å². The van der Waals surface area contributed by atoms with E-state index in [9.17, 15) is 4.79 Å². The van der Waals surface area contributed by atoms with E-state index >= 15 is 0 Å². The largest absolute Gasteiger partial charge is 0.480 e. The van der Waals surface area contributed by atoms with Crippen LogP contribution >= 0.6 is 0 Å². The molecule has 1 saturated heterocycles. The Morgan fingerprint density at radius 1 is 1.65 bits per heavy atom. The first-order valence-corrected chi connectivity index (χ1v) is 6.04. The molecule has 2 rings (SSSR count). The van der Waals surface area contributed by atoms with Crippen LogP contribution in [0.1, 0.15) is 36.8 Å². The first-order valence-electron chi connectivity index (χ1n) is 6.04. The number of carboxylic acid groups (broad SMARTS) is 1. The molecule has 0 aromatic carbocycles. The van der Waals surface area contributed by atoms with E-state index in [4.69, 9.17) is 9.63 Å². The quantitative estimate of drug-likeness (QED) is 0.862. The Balaban J connectivity index is 2.14. The summed E-state index contributed by atoms with van der Waals surface area (Å²) in [5, 5.41) is 13.1. The van der Waals surface area contributed by atoms with Crippen molar-refractivity contribution >= 4 is 5.97 Å². The molecule has 2 heterocycles. The maximum atomic E-state index is 11.1. The lowest BCUT2D eigenvalue weighted by Crippen LogP contribution is -2.35. The number of carbonyl (C=O) groups is 1. The first kappa shape index (κ1) is 12.1. The number of carboxylic acids is 1. The maximum Gasteiger partial charge on any atom is 0.320 e. The summed E-state index contributed by atoms with van der Waals surface area (Å²) in [6.07, 6.45) is 2.50. The minimum Gasteiger partial charge on any atom is -0.480 e. The fourth-order valence-electron chi connectivity index (χ4n) is 2.42. The van der Waals surface area contributed by atoms with Gasteiger partial charge in [-0.15, -0.1) is 0 Å². The van der Waals surface area contributed by atoms with Gasteiger partial charge in [0.2, 0.25) is 0 Å². The Bertz CT molecular complexity index is 414. The van der Waals surface area contributed by atoms with Crippen molar-refractivity contribution in [3.05, 3.63) is 17.0 Å². The van der Waals surface area contributed by atoms with Crippen molar-refractivity contribution < 1.29 is 14.4 Å². The highest BCUT2D eigenvalue weighted by Gasteiger charge is 2.31. The Kier molecular flexibility index (Phi) is 3.47. The monoisotopic (exact) mass is 238 g/mol. The van der Waals surface area contributed by atoms with Crippen molar-refractivity contribution in [3.63, 3.8) is 0 Å². The first-order chi connectivity index (χ1) is 8.13. The number of hydrogen-bond donors (Lipinski definition) is 1. The Labute approximate surface area is 100 Å². The number of nitrogens with zero attached hydrogens (tertiary/aromatic N) is 2. The lowest BCUT2D eigenvalue weighted by atomic mass is 10.1. The standard InChI is InChI=1S/C12H18N2O3/c1-3-10-9(8(2)17-13-10)7-14-6-4-5-11(14)12(15)16/h11H,3-7H2,1-2H3,(H,15,16). The molecule has 0 bridgehead atoms. The minimum atomic E-state index is -0.727. The van der Waals surface area contributed by atoms with Gasteiger partial charge in [0.05, 0.1) is 5.69 Å². The van der Waals surface area contributed by atoms with Crippen LogP contribution in [0.25, 0.3) is 0 Å². The third kappa shape index (κ3) is 2.34. The SMILES string of the molecule is CCc1noc(C)c1CN1CCCC1C(=O)O. The third-order valence-corrected chi connectivity index (χ3v) is 3.41. The molecule has 0 aliphatic carbocycles. The van der Waals surface area contributed by atoms with E-state index in [1.54, 1.807) is 0 Å². The summed E-state index contributed by atoms with van der Waals surface area (Å²) in [4.78, 5) is 13.1. The van der Waals surface area contributed by atoms with Crippen LogP contribution in [0.3, 0.4) is 0 Å². The molecule has 1 aliphatic heterocycles. The molecule has 5 nitrogen and oxygen atoms in total. The van der Waals surface area contributed by atoms with Gasteiger partial charge in [0.1, 0.15) is 11.8 Å². The highest BCUT2D eigenvalue weighted by Crippen LogP contribution is 2.23. The van der Waals surface area contributed by atoms with Crippen molar-refractivity contribution in [2.75, 3.05) is 6.54 Å². The van der Waals surface area contributed by atoms with Crippen molar-refractivity contribution in [2.24, 2.45) is 0 Å². The van der Waals surface area contributed by atoms with E-state index in [1.807, 2.05) is 18.7 Å². The lowest BCUT2D eigenvalue weighted by molar-refractivity contribution is -0.142. The zero-order chi connectivity index (χ0) is 12.4. The van der Waals surface area contributed by atoms with Gasteiger partial charge < -0.3 is 9.63 Å². The molecule has 1 aromatic heterocycles. The molecule has 0 spiro atoms. The molecule has 94 valence electrons. The predicted octanol–water partition coefficient (Wildman–Crippen LogP) is 1.59. The van der Waals surface area contributed by atoms with E-state index < -0.39 is 5.97 Å². The van der Waals surface area contributed by atoms with Gasteiger partial charge >= 0.3 is 5.97 Å². The fourth-order valence-corrected chi connectivity index (χ4v) is 2.42. The fraction of sp³-hybridized carbons (Fsp3) is 0.667. The molecule has 1 unspecified atom stereocenters. The van der Waals surface area contributed by atoms with Gasteiger partial charge in [-0.25, -0.2) is 0 Å². The number of rotatable bonds is 4. The van der Waals surface area contributed by atoms with Crippen LogP contribution in [0.5, 0.6) is 0 Å². The molecule has 1 fully saturated rings. The van der Waals surface area contributed by atoms with E-state index in [0.29, 0.717) is 6.54 Å². The molecule has 0 radical (unpaired) electrons. The topological polar surface area (TPSA) is 66.6 Å². The number of likely N-dealkylation sites (tertiary alicyclic amines) is 1. The van der Waals surface area contributed by atoms with Crippen molar-refractivity contribution in [3.8, 4) is 0 Å². The molecule has 0 amide bonds. The minimum absolute atomic E-state index is 0.353. The summed E-state index contributed by atoms with van der Waals surface area (Å²) in [7, 11) is 0. The second-order valence-corrected chi connectivity index (χ2v) is 4.48.